The van der Waals surface area contributed by atoms with Crippen molar-refractivity contribution in [3.63, 3.8) is 0 Å². The largest absolute Gasteiger partial charge is 0.325 e. The van der Waals surface area contributed by atoms with Gasteiger partial charge in [0.05, 0.1) is 6.04 Å². The number of carbonyl (C=O) groups is 2. The highest BCUT2D eigenvalue weighted by Gasteiger charge is 2.54. The van der Waals surface area contributed by atoms with E-state index in [1.54, 1.807) is 4.90 Å². The molecule has 1 spiro atoms. The highest BCUT2D eigenvalue weighted by atomic mass is 16.2. The van der Waals surface area contributed by atoms with Gasteiger partial charge in [0.25, 0.3) is 5.91 Å². The number of likely N-dealkylation sites (tertiary alicyclic amines) is 2. The summed E-state index contributed by atoms with van der Waals surface area (Å²) in [4.78, 5) is 32.8. The van der Waals surface area contributed by atoms with Crippen LogP contribution in [0, 0.1) is 5.92 Å². The molecular weight excluding hydrogens is 376 g/mol. The van der Waals surface area contributed by atoms with Crippen LogP contribution >= 0.6 is 0 Å². The first-order valence-corrected chi connectivity index (χ1v) is 11.8. The van der Waals surface area contributed by atoms with Crippen LogP contribution in [0.5, 0.6) is 0 Å². The molecule has 1 saturated carbocycles. The molecule has 30 heavy (non-hydrogen) atoms. The van der Waals surface area contributed by atoms with Crippen LogP contribution in [0.15, 0.2) is 30.3 Å². The lowest BCUT2D eigenvalue weighted by atomic mass is 9.87. The molecule has 3 aliphatic heterocycles. The number of carbonyl (C=O) groups excluding carboxylic acids is 2. The second-order valence-electron chi connectivity index (χ2n) is 9.76. The number of piperidine rings is 2. The summed E-state index contributed by atoms with van der Waals surface area (Å²) in [6.45, 7) is 5.84. The van der Waals surface area contributed by atoms with Gasteiger partial charge in [-0.3, -0.25) is 9.69 Å². The van der Waals surface area contributed by atoms with Crippen molar-refractivity contribution in [2.45, 2.75) is 56.5 Å². The van der Waals surface area contributed by atoms with E-state index in [4.69, 9.17) is 0 Å². The fourth-order valence-electron chi connectivity index (χ4n) is 5.48. The van der Waals surface area contributed by atoms with Crippen molar-refractivity contribution < 1.29 is 9.59 Å². The van der Waals surface area contributed by atoms with Gasteiger partial charge in [0.1, 0.15) is 5.54 Å². The van der Waals surface area contributed by atoms with E-state index in [1.807, 2.05) is 6.07 Å². The van der Waals surface area contributed by atoms with Gasteiger partial charge >= 0.3 is 6.03 Å². The highest BCUT2D eigenvalue weighted by molar-refractivity contribution is 6.07. The van der Waals surface area contributed by atoms with Gasteiger partial charge in [-0.15, -0.1) is 0 Å². The molecule has 0 radical (unpaired) electrons. The van der Waals surface area contributed by atoms with Crippen LogP contribution in [0.2, 0.25) is 0 Å². The van der Waals surface area contributed by atoms with Gasteiger partial charge in [0.2, 0.25) is 0 Å². The van der Waals surface area contributed by atoms with Gasteiger partial charge in [-0.05, 0) is 63.0 Å². The average molecular weight is 411 g/mol. The fraction of sp³-hybridized carbons (Fsp3) is 0.667. The SMILES string of the molecule is O=C1NC2(CCN(CCc3ccccc3)CC2)C(=O)N1[C@H]1CCCN(CC2CC2)C1. The van der Waals surface area contributed by atoms with Gasteiger partial charge in [0, 0.05) is 32.7 Å². The van der Waals surface area contributed by atoms with Crippen LogP contribution in [-0.2, 0) is 11.2 Å². The number of amides is 3. The third-order valence-corrected chi connectivity index (χ3v) is 7.52. The monoisotopic (exact) mass is 410 g/mol. The van der Waals surface area contributed by atoms with Gasteiger partial charge in [-0.2, -0.15) is 0 Å². The fourth-order valence-corrected chi connectivity index (χ4v) is 5.48. The third-order valence-electron chi connectivity index (χ3n) is 7.52. The van der Waals surface area contributed by atoms with Crippen molar-refractivity contribution in [1.29, 1.82) is 0 Å². The molecule has 4 fully saturated rings. The first-order chi connectivity index (χ1) is 14.6. The predicted molar refractivity (Wildman–Crippen MR) is 116 cm³/mol. The Hall–Kier alpha value is -1.92. The molecule has 6 nitrogen and oxygen atoms in total. The van der Waals surface area contributed by atoms with E-state index in [0.29, 0.717) is 0 Å². The zero-order chi connectivity index (χ0) is 20.6. The molecule has 5 rings (SSSR count). The molecule has 0 unspecified atom stereocenters. The first-order valence-electron chi connectivity index (χ1n) is 11.8. The molecule has 1 aliphatic carbocycles. The van der Waals surface area contributed by atoms with Gasteiger partial charge in [0.15, 0.2) is 0 Å². The van der Waals surface area contributed by atoms with Crippen LogP contribution in [0.25, 0.3) is 0 Å². The summed E-state index contributed by atoms with van der Waals surface area (Å²) in [6.07, 6.45) is 7.18. The van der Waals surface area contributed by atoms with E-state index in [-0.39, 0.29) is 18.0 Å². The molecule has 6 heteroatoms. The number of nitrogens with one attached hydrogen (secondary N) is 1. The maximum Gasteiger partial charge on any atom is 0.325 e. The summed E-state index contributed by atoms with van der Waals surface area (Å²) in [5, 5.41) is 3.12. The standard InChI is InChI=1S/C24H34N4O2/c29-22-24(11-15-26(16-12-24)14-10-19-5-2-1-3-6-19)25-23(30)28(22)21-7-4-13-27(18-21)17-20-8-9-20/h1-3,5-6,20-21H,4,7-18H2,(H,25,30)/t21-/m0/s1. The van der Waals surface area contributed by atoms with Crippen molar-refractivity contribution in [3.05, 3.63) is 35.9 Å². The minimum atomic E-state index is -0.668. The topological polar surface area (TPSA) is 55.9 Å². The molecule has 0 bridgehead atoms. The summed E-state index contributed by atoms with van der Waals surface area (Å²) in [5.41, 5.74) is 0.682. The summed E-state index contributed by atoms with van der Waals surface area (Å²) in [5.74, 6) is 0.881. The van der Waals surface area contributed by atoms with E-state index in [0.717, 1.165) is 77.3 Å². The van der Waals surface area contributed by atoms with E-state index in [1.165, 1.54) is 18.4 Å². The molecular formula is C24H34N4O2. The molecule has 162 valence electrons. The van der Waals surface area contributed by atoms with Crippen molar-refractivity contribution in [2.75, 3.05) is 39.3 Å². The van der Waals surface area contributed by atoms with Gasteiger partial charge in [-0.25, -0.2) is 4.79 Å². The number of hydrogen-bond donors (Lipinski definition) is 1. The summed E-state index contributed by atoms with van der Waals surface area (Å²) >= 11 is 0. The molecule has 1 aromatic rings. The zero-order valence-corrected chi connectivity index (χ0v) is 17.9. The molecule has 4 aliphatic rings. The highest BCUT2D eigenvalue weighted by Crippen LogP contribution is 2.34. The van der Waals surface area contributed by atoms with Crippen molar-refractivity contribution in [1.82, 2.24) is 20.0 Å². The second kappa shape index (κ2) is 8.31. The lowest BCUT2D eigenvalue weighted by Gasteiger charge is -2.39. The lowest BCUT2D eigenvalue weighted by molar-refractivity contribution is -0.135. The normalized spacial score (nSPS) is 27.6. The Bertz CT molecular complexity index is 771. The molecule has 3 amide bonds. The Labute approximate surface area is 179 Å². The maximum absolute atomic E-state index is 13.4. The molecule has 1 atom stereocenters. The van der Waals surface area contributed by atoms with E-state index in [9.17, 15) is 9.59 Å². The average Bonchev–Trinajstić information content (AvgIpc) is 3.54. The summed E-state index contributed by atoms with van der Waals surface area (Å²) < 4.78 is 0. The number of benzene rings is 1. The Morgan fingerprint density at radius 3 is 2.47 bits per heavy atom. The zero-order valence-electron chi connectivity index (χ0n) is 17.9. The Kier molecular flexibility index (Phi) is 5.54. The van der Waals surface area contributed by atoms with E-state index >= 15 is 0 Å². The number of urea groups is 1. The number of nitrogens with zero attached hydrogens (tertiary/aromatic N) is 3. The Balaban J connectivity index is 1.17. The van der Waals surface area contributed by atoms with Crippen molar-refractivity contribution >= 4 is 11.9 Å². The summed E-state index contributed by atoms with van der Waals surface area (Å²) in [7, 11) is 0. The van der Waals surface area contributed by atoms with Gasteiger partial charge in [-0.1, -0.05) is 30.3 Å². The lowest BCUT2D eigenvalue weighted by Crippen LogP contribution is -2.56. The van der Waals surface area contributed by atoms with Crippen molar-refractivity contribution in [3.8, 4) is 0 Å². The Morgan fingerprint density at radius 2 is 1.73 bits per heavy atom. The molecule has 3 heterocycles. The molecule has 1 N–H and O–H groups in total. The van der Waals surface area contributed by atoms with Crippen LogP contribution in [0.3, 0.4) is 0 Å². The van der Waals surface area contributed by atoms with Gasteiger partial charge < -0.3 is 15.1 Å². The van der Waals surface area contributed by atoms with Crippen LogP contribution in [0.4, 0.5) is 4.79 Å². The quantitative estimate of drug-likeness (QED) is 0.732. The minimum Gasteiger partial charge on any atom is -0.323 e. The minimum absolute atomic E-state index is 0.0356. The predicted octanol–water partition coefficient (Wildman–Crippen LogP) is 2.49. The molecule has 1 aromatic carbocycles. The van der Waals surface area contributed by atoms with Crippen LogP contribution in [-0.4, -0.2) is 77.5 Å². The van der Waals surface area contributed by atoms with Crippen LogP contribution in [0.1, 0.15) is 44.1 Å². The third kappa shape index (κ3) is 4.12. The number of rotatable bonds is 6. The van der Waals surface area contributed by atoms with E-state index in [2.05, 4.69) is 39.4 Å². The van der Waals surface area contributed by atoms with Crippen LogP contribution < -0.4 is 5.32 Å². The van der Waals surface area contributed by atoms with E-state index < -0.39 is 5.54 Å². The Morgan fingerprint density at radius 1 is 0.967 bits per heavy atom. The molecule has 0 aromatic heterocycles. The first kappa shape index (κ1) is 20.0. The second-order valence-corrected chi connectivity index (χ2v) is 9.76. The summed E-state index contributed by atoms with van der Waals surface area (Å²) in [6, 6.07) is 10.4. The molecule has 3 saturated heterocycles. The smallest absolute Gasteiger partial charge is 0.323 e. The number of imide groups is 1. The maximum atomic E-state index is 13.4. The number of hydrogen-bond acceptors (Lipinski definition) is 4. The van der Waals surface area contributed by atoms with Crippen molar-refractivity contribution in [2.24, 2.45) is 5.92 Å².